The van der Waals surface area contributed by atoms with Gasteiger partial charge in [0.2, 0.25) is 5.91 Å². The maximum Gasteiger partial charge on any atom is 0.234 e. The Morgan fingerprint density at radius 1 is 1.36 bits per heavy atom. The lowest BCUT2D eigenvalue weighted by atomic mass is 10.2. The Hall–Kier alpha value is -1.46. The summed E-state index contributed by atoms with van der Waals surface area (Å²) in [6.45, 7) is 6.08. The number of nitrogens with one attached hydrogen (secondary N) is 1. The summed E-state index contributed by atoms with van der Waals surface area (Å²) in [5, 5.41) is 3.43. The Labute approximate surface area is 136 Å². The van der Waals surface area contributed by atoms with E-state index in [2.05, 4.69) is 5.32 Å². The molecule has 1 amide bonds. The van der Waals surface area contributed by atoms with Gasteiger partial charge in [-0.1, -0.05) is 11.6 Å². The summed E-state index contributed by atoms with van der Waals surface area (Å²) < 4.78 is 11.3. The van der Waals surface area contributed by atoms with E-state index in [4.69, 9.17) is 21.1 Å². The standard InChI is InChI=1S/C16H23ClN2O3/c1-11(2)18-15(20)10-19(3)9-12-7-13(17)16-14(8-12)21-5-4-6-22-16/h7-8,11H,4-6,9-10H2,1-3H3,(H,18,20). The van der Waals surface area contributed by atoms with Crippen LogP contribution in [0.3, 0.4) is 0 Å². The van der Waals surface area contributed by atoms with Crippen LogP contribution in [0.25, 0.3) is 0 Å². The fraction of sp³-hybridized carbons (Fsp3) is 0.562. The van der Waals surface area contributed by atoms with Crippen LogP contribution in [0.1, 0.15) is 25.8 Å². The molecule has 1 heterocycles. The van der Waals surface area contributed by atoms with E-state index in [9.17, 15) is 4.79 Å². The van der Waals surface area contributed by atoms with Gasteiger partial charge in [0.25, 0.3) is 0 Å². The van der Waals surface area contributed by atoms with E-state index in [-0.39, 0.29) is 11.9 Å². The summed E-state index contributed by atoms with van der Waals surface area (Å²) >= 11 is 6.28. The average Bonchev–Trinajstić information content (AvgIpc) is 2.62. The molecule has 1 aromatic carbocycles. The van der Waals surface area contributed by atoms with Gasteiger partial charge < -0.3 is 14.8 Å². The molecule has 122 valence electrons. The number of amides is 1. The number of fused-ring (bicyclic) bond motifs is 1. The van der Waals surface area contributed by atoms with Crippen molar-refractivity contribution < 1.29 is 14.3 Å². The highest BCUT2D eigenvalue weighted by atomic mass is 35.5. The first-order chi connectivity index (χ1) is 10.5. The zero-order valence-corrected chi connectivity index (χ0v) is 14.1. The fourth-order valence-electron chi connectivity index (χ4n) is 2.36. The summed E-state index contributed by atoms with van der Waals surface area (Å²) in [5.74, 6) is 1.31. The third kappa shape index (κ3) is 4.78. The van der Waals surface area contributed by atoms with Crippen LogP contribution in [0.5, 0.6) is 11.5 Å². The third-order valence-electron chi connectivity index (χ3n) is 3.18. The van der Waals surface area contributed by atoms with Gasteiger partial charge in [-0.2, -0.15) is 0 Å². The molecular formula is C16H23ClN2O3. The number of nitrogens with zero attached hydrogens (tertiary/aromatic N) is 1. The van der Waals surface area contributed by atoms with Crippen LogP contribution in [0.4, 0.5) is 0 Å². The van der Waals surface area contributed by atoms with Gasteiger partial charge in [0.15, 0.2) is 11.5 Å². The van der Waals surface area contributed by atoms with Crippen LogP contribution in [0.2, 0.25) is 5.02 Å². The SMILES string of the molecule is CC(C)NC(=O)CN(C)Cc1cc(Cl)c2c(c1)OCCCO2. The molecule has 0 unspecified atom stereocenters. The van der Waals surface area contributed by atoms with E-state index in [1.807, 2.05) is 37.9 Å². The number of carbonyl (C=O) groups is 1. The van der Waals surface area contributed by atoms with Crippen molar-refractivity contribution in [2.45, 2.75) is 32.9 Å². The largest absolute Gasteiger partial charge is 0.489 e. The van der Waals surface area contributed by atoms with E-state index >= 15 is 0 Å². The predicted octanol–water partition coefficient (Wildman–Crippen LogP) is 2.46. The second kappa shape index (κ2) is 7.70. The molecule has 0 aromatic heterocycles. The van der Waals surface area contributed by atoms with Gasteiger partial charge in [-0.15, -0.1) is 0 Å². The summed E-state index contributed by atoms with van der Waals surface area (Å²) in [7, 11) is 1.90. The van der Waals surface area contributed by atoms with E-state index in [0.717, 1.165) is 12.0 Å². The molecule has 2 rings (SSSR count). The predicted molar refractivity (Wildman–Crippen MR) is 86.7 cm³/mol. The molecule has 0 atom stereocenters. The second-order valence-corrected chi connectivity index (χ2v) is 6.26. The van der Waals surface area contributed by atoms with Crippen LogP contribution in [0, 0.1) is 0 Å². The van der Waals surface area contributed by atoms with Gasteiger partial charge in [-0.3, -0.25) is 9.69 Å². The maximum absolute atomic E-state index is 11.8. The van der Waals surface area contributed by atoms with Crippen LogP contribution < -0.4 is 14.8 Å². The number of rotatable bonds is 5. The minimum absolute atomic E-state index is 0.0120. The first-order valence-corrected chi connectivity index (χ1v) is 7.89. The van der Waals surface area contributed by atoms with E-state index in [0.29, 0.717) is 42.8 Å². The molecular weight excluding hydrogens is 304 g/mol. The lowest BCUT2D eigenvalue weighted by Gasteiger charge is -2.19. The van der Waals surface area contributed by atoms with Gasteiger partial charge >= 0.3 is 0 Å². The normalized spacial score (nSPS) is 14.1. The van der Waals surface area contributed by atoms with Crippen molar-refractivity contribution >= 4 is 17.5 Å². The van der Waals surface area contributed by atoms with Crippen molar-refractivity contribution in [3.8, 4) is 11.5 Å². The van der Waals surface area contributed by atoms with Crippen molar-refractivity contribution in [2.24, 2.45) is 0 Å². The number of likely N-dealkylation sites (N-methyl/N-ethyl adjacent to an activating group) is 1. The third-order valence-corrected chi connectivity index (χ3v) is 3.46. The minimum atomic E-state index is 0.0120. The Bertz CT molecular complexity index is 534. The smallest absolute Gasteiger partial charge is 0.234 e. The quantitative estimate of drug-likeness (QED) is 0.903. The van der Waals surface area contributed by atoms with Crippen LogP contribution >= 0.6 is 11.6 Å². The molecule has 1 aromatic rings. The number of carbonyl (C=O) groups excluding carboxylic acids is 1. The Morgan fingerprint density at radius 2 is 2.09 bits per heavy atom. The lowest BCUT2D eigenvalue weighted by molar-refractivity contribution is -0.122. The molecule has 22 heavy (non-hydrogen) atoms. The van der Waals surface area contributed by atoms with Crippen LogP contribution in [-0.4, -0.2) is 43.7 Å². The molecule has 6 heteroatoms. The molecule has 0 saturated carbocycles. The molecule has 5 nitrogen and oxygen atoms in total. The van der Waals surface area contributed by atoms with Crippen LogP contribution in [-0.2, 0) is 11.3 Å². The molecule has 0 spiro atoms. The number of hydrogen-bond acceptors (Lipinski definition) is 4. The average molecular weight is 327 g/mol. The fourth-order valence-corrected chi connectivity index (χ4v) is 2.64. The Balaban J connectivity index is 2.02. The molecule has 0 aliphatic carbocycles. The maximum atomic E-state index is 11.8. The highest BCUT2D eigenvalue weighted by Gasteiger charge is 2.16. The zero-order valence-electron chi connectivity index (χ0n) is 13.3. The van der Waals surface area contributed by atoms with Crippen molar-refractivity contribution in [1.82, 2.24) is 10.2 Å². The highest BCUT2D eigenvalue weighted by molar-refractivity contribution is 6.32. The Kier molecular flexibility index (Phi) is 5.91. The van der Waals surface area contributed by atoms with Gasteiger partial charge in [-0.25, -0.2) is 0 Å². The molecule has 1 aliphatic rings. The van der Waals surface area contributed by atoms with Gasteiger partial charge in [0.1, 0.15) is 0 Å². The molecule has 0 saturated heterocycles. The van der Waals surface area contributed by atoms with Crippen molar-refractivity contribution in [3.05, 3.63) is 22.7 Å². The number of halogens is 1. The molecule has 0 bridgehead atoms. The van der Waals surface area contributed by atoms with Crippen molar-refractivity contribution in [1.29, 1.82) is 0 Å². The van der Waals surface area contributed by atoms with E-state index in [1.54, 1.807) is 0 Å². The number of ether oxygens (including phenoxy) is 2. The van der Waals surface area contributed by atoms with Crippen molar-refractivity contribution in [2.75, 3.05) is 26.8 Å². The Morgan fingerprint density at radius 3 is 2.82 bits per heavy atom. The number of benzene rings is 1. The summed E-state index contributed by atoms with van der Waals surface area (Å²) in [4.78, 5) is 13.7. The van der Waals surface area contributed by atoms with Crippen molar-refractivity contribution in [3.63, 3.8) is 0 Å². The summed E-state index contributed by atoms with van der Waals surface area (Å²) in [6.07, 6.45) is 0.843. The number of hydrogen-bond donors (Lipinski definition) is 1. The van der Waals surface area contributed by atoms with Crippen LogP contribution in [0.15, 0.2) is 12.1 Å². The summed E-state index contributed by atoms with van der Waals surface area (Å²) in [5.41, 5.74) is 0.995. The zero-order chi connectivity index (χ0) is 16.1. The monoisotopic (exact) mass is 326 g/mol. The van der Waals surface area contributed by atoms with E-state index in [1.165, 1.54) is 0 Å². The molecule has 0 fully saturated rings. The topological polar surface area (TPSA) is 50.8 Å². The first-order valence-electron chi connectivity index (χ1n) is 7.51. The second-order valence-electron chi connectivity index (χ2n) is 5.85. The first kappa shape index (κ1) is 16.9. The van der Waals surface area contributed by atoms with Gasteiger partial charge in [-0.05, 0) is 38.6 Å². The summed E-state index contributed by atoms with van der Waals surface area (Å²) in [6, 6.07) is 3.95. The van der Waals surface area contributed by atoms with Gasteiger partial charge in [0, 0.05) is 19.0 Å². The van der Waals surface area contributed by atoms with E-state index < -0.39 is 0 Å². The highest BCUT2D eigenvalue weighted by Crippen LogP contribution is 2.38. The minimum Gasteiger partial charge on any atom is -0.489 e. The van der Waals surface area contributed by atoms with Gasteiger partial charge in [0.05, 0.1) is 24.8 Å². The molecule has 1 aliphatic heterocycles. The molecule has 0 radical (unpaired) electrons. The lowest BCUT2D eigenvalue weighted by Crippen LogP contribution is -2.38. The molecule has 1 N–H and O–H groups in total.